The fourth-order valence-electron chi connectivity index (χ4n) is 2.29. The van der Waals surface area contributed by atoms with Crippen molar-refractivity contribution in [1.82, 2.24) is 0 Å². The van der Waals surface area contributed by atoms with Gasteiger partial charge < -0.3 is 28.0 Å². The van der Waals surface area contributed by atoms with E-state index in [1.807, 2.05) is 9.44 Å². The molecule has 0 radical (unpaired) electrons. The molecule has 34 heavy (non-hydrogen) atoms. The molecule has 2 aromatic rings. The van der Waals surface area contributed by atoms with Crippen molar-refractivity contribution in [3.8, 4) is 0 Å². The van der Waals surface area contributed by atoms with E-state index in [0.29, 0.717) is 0 Å². The van der Waals surface area contributed by atoms with Crippen molar-refractivity contribution in [2.24, 2.45) is 0 Å². The highest BCUT2D eigenvalue weighted by molar-refractivity contribution is 7.80. The average molecular weight is 592 g/mol. The lowest BCUT2D eigenvalue weighted by Crippen LogP contribution is -2.21. The standard InChI is InChI=1S/C17H12Cl4N2O9S2/c18-8-1-3-10(22-33(27)28)14(20)12(8)16(25)31-5-7(24)6-32-17(26)13-9(19)2-4-11(15(13)21)23-34(29)30/h1-4,22-23H,5-6H2,(H,27,28)(H,29,30)/p-2. The van der Waals surface area contributed by atoms with Gasteiger partial charge >= 0.3 is 11.9 Å². The Labute approximate surface area is 216 Å². The molecule has 2 aromatic carbocycles. The number of carbonyl (C=O) groups excluding carboxylic acids is 3. The van der Waals surface area contributed by atoms with Crippen molar-refractivity contribution in [3.63, 3.8) is 0 Å². The van der Waals surface area contributed by atoms with Crippen LogP contribution in [0.2, 0.25) is 20.1 Å². The predicted molar refractivity (Wildman–Crippen MR) is 124 cm³/mol. The number of halogens is 4. The van der Waals surface area contributed by atoms with Crippen LogP contribution < -0.4 is 9.44 Å². The molecule has 0 heterocycles. The lowest BCUT2D eigenvalue weighted by Gasteiger charge is -2.14. The highest BCUT2D eigenvalue weighted by Gasteiger charge is 2.23. The topological polar surface area (TPSA) is 174 Å². The third-order valence-electron chi connectivity index (χ3n) is 3.71. The monoisotopic (exact) mass is 590 g/mol. The van der Waals surface area contributed by atoms with E-state index in [0.717, 1.165) is 0 Å². The Kier molecular flexibility index (Phi) is 10.5. The van der Waals surface area contributed by atoms with Gasteiger partial charge in [0, 0.05) is 22.5 Å². The lowest BCUT2D eigenvalue weighted by atomic mass is 10.2. The number of carbonyl (C=O) groups is 3. The maximum absolute atomic E-state index is 12.3. The van der Waals surface area contributed by atoms with Crippen LogP contribution in [0.1, 0.15) is 20.7 Å². The van der Waals surface area contributed by atoms with Gasteiger partial charge in [0.1, 0.15) is 0 Å². The molecule has 0 bridgehead atoms. The molecule has 17 heteroatoms. The van der Waals surface area contributed by atoms with Gasteiger partial charge in [0.2, 0.25) is 5.78 Å². The first-order chi connectivity index (χ1) is 15.9. The zero-order chi connectivity index (χ0) is 25.6. The molecule has 0 fully saturated rings. The SMILES string of the molecule is O=C(COC(=O)c1c(Cl)ccc(NS(=O)[O-])c1Cl)COC(=O)c1c(Cl)ccc(NS(=O)[O-])c1Cl. The molecule has 2 unspecified atom stereocenters. The smallest absolute Gasteiger partial charge is 0.341 e. The normalized spacial score (nSPS) is 12.4. The van der Waals surface area contributed by atoms with Crippen molar-refractivity contribution in [1.29, 1.82) is 0 Å². The van der Waals surface area contributed by atoms with Crippen molar-refractivity contribution >= 4 is 98.0 Å². The molecule has 11 nitrogen and oxygen atoms in total. The van der Waals surface area contributed by atoms with Crippen LogP contribution in [0.15, 0.2) is 24.3 Å². The molecule has 0 saturated heterocycles. The van der Waals surface area contributed by atoms with E-state index in [-0.39, 0.29) is 31.5 Å². The second-order valence-corrected chi connectivity index (χ2v) is 8.85. The van der Waals surface area contributed by atoms with Crippen LogP contribution in [0.4, 0.5) is 11.4 Å². The molecule has 0 aliphatic heterocycles. The fraction of sp³-hybridized carbons (Fsp3) is 0.118. The molecule has 0 saturated carbocycles. The van der Waals surface area contributed by atoms with Gasteiger partial charge in [-0.05, 0) is 24.3 Å². The quantitative estimate of drug-likeness (QED) is 0.310. The molecule has 0 aliphatic rings. The Morgan fingerprint density at radius 2 is 1.09 bits per heavy atom. The van der Waals surface area contributed by atoms with Crippen molar-refractivity contribution in [2.45, 2.75) is 0 Å². The van der Waals surface area contributed by atoms with Crippen LogP contribution in [-0.4, -0.2) is 48.5 Å². The summed E-state index contributed by atoms with van der Waals surface area (Å²) in [7, 11) is 0. The number of benzene rings is 2. The number of nitrogens with one attached hydrogen (secondary N) is 2. The summed E-state index contributed by atoms with van der Waals surface area (Å²) in [6.45, 7) is -1.72. The zero-order valence-electron chi connectivity index (χ0n) is 16.2. The minimum Gasteiger partial charge on any atom is -0.755 e. The van der Waals surface area contributed by atoms with Crippen molar-refractivity contribution < 1.29 is 41.4 Å². The number of hydrogen-bond donors (Lipinski definition) is 2. The van der Waals surface area contributed by atoms with E-state index in [1.54, 1.807) is 0 Å². The molecule has 2 N–H and O–H groups in total. The third-order valence-corrected chi connectivity index (χ3v) is 5.89. The summed E-state index contributed by atoms with van der Waals surface area (Å²) >= 11 is 18.3. The largest absolute Gasteiger partial charge is 0.755 e. The van der Waals surface area contributed by atoms with Crippen LogP contribution in [0.5, 0.6) is 0 Å². The van der Waals surface area contributed by atoms with Gasteiger partial charge in [-0.25, -0.2) is 9.59 Å². The summed E-state index contributed by atoms with van der Waals surface area (Å²) in [5, 5.41) is -1.07. The van der Waals surface area contributed by atoms with Crippen LogP contribution in [0.25, 0.3) is 0 Å². The number of esters is 2. The Hall–Kier alpha value is -1.97. The second-order valence-electron chi connectivity index (χ2n) is 5.93. The second kappa shape index (κ2) is 12.7. The molecule has 0 amide bonds. The summed E-state index contributed by atoms with van der Waals surface area (Å²) < 4.78 is 56.7. The summed E-state index contributed by atoms with van der Waals surface area (Å²) in [5.41, 5.74) is -1.11. The minimum atomic E-state index is -2.73. The molecule has 0 spiro atoms. The highest BCUT2D eigenvalue weighted by Crippen LogP contribution is 2.33. The summed E-state index contributed by atoms with van der Waals surface area (Å²) in [6.07, 6.45) is 0. The lowest BCUT2D eigenvalue weighted by molar-refractivity contribution is -0.125. The molecule has 2 atom stereocenters. The van der Waals surface area contributed by atoms with Gasteiger partial charge in [-0.3, -0.25) is 13.2 Å². The van der Waals surface area contributed by atoms with Gasteiger partial charge in [-0.1, -0.05) is 46.4 Å². The van der Waals surface area contributed by atoms with E-state index in [1.165, 1.54) is 24.3 Å². The molecule has 0 aliphatic carbocycles. The Bertz CT molecular complexity index is 1110. The number of ether oxygens (including phenoxy) is 2. The van der Waals surface area contributed by atoms with Gasteiger partial charge in [-0.15, -0.1) is 0 Å². The average Bonchev–Trinajstić information content (AvgIpc) is 2.74. The number of hydrogen-bond acceptors (Lipinski definition) is 9. The van der Waals surface area contributed by atoms with Crippen LogP contribution in [0.3, 0.4) is 0 Å². The first-order valence-electron chi connectivity index (χ1n) is 8.46. The Balaban J connectivity index is 2.02. The van der Waals surface area contributed by atoms with Gasteiger partial charge in [0.25, 0.3) is 0 Å². The molecule has 184 valence electrons. The first-order valence-corrected chi connectivity index (χ1v) is 12.1. The number of ketones is 1. The minimum absolute atomic E-state index is 0.155. The number of anilines is 2. The molecular weight excluding hydrogens is 582 g/mol. The highest BCUT2D eigenvalue weighted by atomic mass is 35.5. The maximum atomic E-state index is 12.3. The van der Waals surface area contributed by atoms with Gasteiger partial charge in [0.15, 0.2) is 13.2 Å². The molecule has 0 aromatic heterocycles. The third kappa shape index (κ3) is 7.52. The van der Waals surface area contributed by atoms with Crippen molar-refractivity contribution in [2.75, 3.05) is 22.7 Å². The van der Waals surface area contributed by atoms with Crippen LogP contribution >= 0.6 is 46.4 Å². The van der Waals surface area contributed by atoms with Crippen LogP contribution in [0, 0.1) is 0 Å². The summed E-state index contributed by atoms with van der Waals surface area (Å²) in [6, 6.07) is 4.78. The number of Topliss-reactive ketones (excluding diaryl/α,β-unsaturated/α-hetero) is 1. The van der Waals surface area contributed by atoms with E-state index < -0.39 is 64.6 Å². The molecular formula is C17H10Cl4N2O9S2-2. The fourth-order valence-corrected chi connectivity index (χ4v) is 4.25. The van der Waals surface area contributed by atoms with Crippen molar-refractivity contribution in [3.05, 3.63) is 55.5 Å². The predicted octanol–water partition coefficient (Wildman–Crippen LogP) is 3.30. The van der Waals surface area contributed by atoms with Gasteiger partial charge in [0.05, 0.1) is 42.6 Å². The number of rotatable bonds is 10. The van der Waals surface area contributed by atoms with E-state index >= 15 is 0 Å². The Morgan fingerprint density at radius 1 is 0.735 bits per heavy atom. The van der Waals surface area contributed by atoms with Gasteiger partial charge in [-0.2, -0.15) is 0 Å². The van der Waals surface area contributed by atoms with E-state index in [9.17, 15) is 31.9 Å². The summed E-state index contributed by atoms with van der Waals surface area (Å²) in [4.78, 5) is 36.6. The maximum Gasteiger partial charge on any atom is 0.341 e. The molecule has 2 rings (SSSR count). The van der Waals surface area contributed by atoms with E-state index in [4.69, 9.17) is 55.9 Å². The first kappa shape index (κ1) is 28.3. The van der Waals surface area contributed by atoms with Crippen LogP contribution in [-0.2, 0) is 36.8 Å². The zero-order valence-corrected chi connectivity index (χ0v) is 20.9. The Morgan fingerprint density at radius 3 is 1.41 bits per heavy atom. The van der Waals surface area contributed by atoms with E-state index in [2.05, 4.69) is 0 Å². The summed E-state index contributed by atoms with van der Waals surface area (Å²) in [5.74, 6) is -3.16.